The first-order valence-electron chi connectivity index (χ1n) is 4.26. The molecular formula is C10H10F2N2. The van der Waals surface area contributed by atoms with Crippen LogP contribution >= 0.6 is 0 Å². The summed E-state index contributed by atoms with van der Waals surface area (Å²) in [5.41, 5.74) is 0.280. The average molecular weight is 196 g/mol. The van der Waals surface area contributed by atoms with Crippen LogP contribution in [-0.2, 0) is 6.54 Å². The first-order valence-corrected chi connectivity index (χ1v) is 4.26. The van der Waals surface area contributed by atoms with E-state index in [4.69, 9.17) is 5.26 Å². The van der Waals surface area contributed by atoms with E-state index in [0.29, 0.717) is 13.0 Å². The molecule has 1 rings (SSSR count). The molecule has 1 aromatic rings. The molecule has 0 aliphatic carbocycles. The summed E-state index contributed by atoms with van der Waals surface area (Å²) in [6.07, 6.45) is 0.358. The molecule has 0 aromatic heterocycles. The van der Waals surface area contributed by atoms with Crippen molar-refractivity contribution in [3.8, 4) is 6.07 Å². The van der Waals surface area contributed by atoms with Crippen molar-refractivity contribution in [1.82, 2.24) is 5.32 Å². The van der Waals surface area contributed by atoms with Crippen LogP contribution in [0.3, 0.4) is 0 Å². The molecule has 0 saturated heterocycles. The molecule has 0 fully saturated rings. The zero-order valence-electron chi connectivity index (χ0n) is 7.56. The number of nitrogens with one attached hydrogen (secondary N) is 1. The molecule has 1 aromatic carbocycles. The first kappa shape index (κ1) is 10.6. The standard InChI is InChI=1S/C10H10F2N2/c11-9-4-1-3-8(10(9)12)7-14-6-2-5-13/h1,3-4,14H,2,6-7H2. The number of halogens is 2. The highest BCUT2D eigenvalue weighted by molar-refractivity contribution is 5.18. The van der Waals surface area contributed by atoms with E-state index in [1.54, 1.807) is 0 Å². The Morgan fingerprint density at radius 1 is 1.36 bits per heavy atom. The van der Waals surface area contributed by atoms with Gasteiger partial charge in [-0.1, -0.05) is 12.1 Å². The van der Waals surface area contributed by atoms with Crippen LogP contribution in [0.2, 0.25) is 0 Å². The van der Waals surface area contributed by atoms with Crippen LogP contribution < -0.4 is 5.32 Å². The summed E-state index contributed by atoms with van der Waals surface area (Å²) in [6, 6.07) is 6.00. The Labute approximate surface area is 81.2 Å². The van der Waals surface area contributed by atoms with Crippen molar-refractivity contribution in [3.63, 3.8) is 0 Å². The molecular weight excluding hydrogens is 186 g/mol. The van der Waals surface area contributed by atoms with Gasteiger partial charge in [0.05, 0.1) is 6.07 Å². The predicted molar refractivity (Wildman–Crippen MR) is 48.3 cm³/mol. The quantitative estimate of drug-likeness (QED) is 0.747. The topological polar surface area (TPSA) is 35.8 Å². The van der Waals surface area contributed by atoms with Gasteiger partial charge >= 0.3 is 0 Å². The van der Waals surface area contributed by atoms with Gasteiger partial charge in [0.15, 0.2) is 11.6 Å². The van der Waals surface area contributed by atoms with Gasteiger partial charge in [-0.2, -0.15) is 5.26 Å². The second-order valence-corrected chi connectivity index (χ2v) is 2.80. The summed E-state index contributed by atoms with van der Waals surface area (Å²) in [5.74, 6) is -1.67. The number of hydrogen-bond acceptors (Lipinski definition) is 2. The SMILES string of the molecule is N#CCCNCc1cccc(F)c1F. The molecule has 0 heterocycles. The molecule has 2 nitrogen and oxygen atoms in total. The third-order valence-electron chi connectivity index (χ3n) is 1.76. The fraction of sp³-hybridized carbons (Fsp3) is 0.300. The summed E-state index contributed by atoms with van der Waals surface area (Å²) in [5, 5.41) is 11.1. The fourth-order valence-electron chi connectivity index (χ4n) is 1.05. The van der Waals surface area contributed by atoms with Crippen molar-refractivity contribution in [2.75, 3.05) is 6.54 Å². The van der Waals surface area contributed by atoms with E-state index in [-0.39, 0.29) is 12.1 Å². The molecule has 0 radical (unpaired) electrons. The maximum atomic E-state index is 13.0. The zero-order valence-corrected chi connectivity index (χ0v) is 7.56. The van der Waals surface area contributed by atoms with Gasteiger partial charge in [-0.25, -0.2) is 8.78 Å². The lowest BCUT2D eigenvalue weighted by atomic mass is 10.2. The van der Waals surface area contributed by atoms with E-state index in [9.17, 15) is 8.78 Å². The van der Waals surface area contributed by atoms with Gasteiger partial charge in [0.25, 0.3) is 0 Å². The molecule has 0 saturated carbocycles. The number of benzene rings is 1. The smallest absolute Gasteiger partial charge is 0.163 e. The minimum atomic E-state index is -0.843. The highest BCUT2D eigenvalue weighted by Gasteiger charge is 2.05. The van der Waals surface area contributed by atoms with Crippen molar-refractivity contribution in [2.24, 2.45) is 0 Å². The number of nitrogens with zero attached hydrogens (tertiary/aromatic N) is 1. The summed E-state index contributed by atoms with van der Waals surface area (Å²) in [6.45, 7) is 0.720. The van der Waals surface area contributed by atoms with Crippen molar-refractivity contribution >= 4 is 0 Å². The van der Waals surface area contributed by atoms with Crippen LogP contribution in [0.15, 0.2) is 18.2 Å². The molecule has 0 unspecified atom stereocenters. The zero-order chi connectivity index (χ0) is 10.4. The van der Waals surface area contributed by atoms with Crippen LogP contribution in [0.1, 0.15) is 12.0 Å². The summed E-state index contributed by atoms with van der Waals surface area (Å²) in [7, 11) is 0. The van der Waals surface area contributed by atoms with Crippen molar-refractivity contribution in [3.05, 3.63) is 35.4 Å². The van der Waals surface area contributed by atoms with E-state index in [1.165, 1.54) is 12.1 Å². The molecule has 1 N–H and O–H groups in total. The van der Waals surface area contributed by atoms with Crippen molar-refractivity contribution in [1.29, 1.82) is 5.26 Å². The minimum absolute atomic E-state index is 0.241. The normalized spacial score (nSPS) is 9.79. The van der Waals surface area contributed by atoms with Gasteiger partial charge in [-0.05, 0) is 6.07 Å². The van der Waals surface area contributed by atoms with Gasteiger partial charge < -0.3 is 5.32 Å². The maximum absolute atomic E-state index is 13.0. The number of hydrogen-bond donors (Lipinski definition) is 1. The molecule has 0 bridgehead atoms. The van der Waals surface area contributed by atoms with E-state index in [1.807, 2.05) is 6.07 Å². The summed E-state index contributed by atoms with van der Waals surface area (Å²) >= 11 is 0. The largest absolute Gasteiger partial charge is 0.312 e. The van der Waals surface area contributed by atoms with Gasteiger partial charge in [0, 0.05) is 25.1 Å². The van der Waals surface area contributed by atoms with Crippen LogP contribution in [0, 0.1) is 23.0 Å². The Bertz CT molecular complexity index is 344. The molecule has 0 spiro atoms. The van der Waals surface area contributed by atoms with E-state index >= 15 is 0 Å². The second kappa shape index (κ2) is 5.30. The van der Waals surface area contributed by atoms with Crippen LogP contribution in [0.5, 0.6) is 0 Å². The van der Waals surface area contributed by atoms with Crippen molar-refractivity contribution in [2.45, 2.75) is 13.0 Å². The summed E-state index contributed by atoms with van der Waals surface area (Å²) < 4.78 is 25.7. The fourth-order valence-corrected chi connectivity index (χ4v) is 1.05. The predicted octanol–water partition coefficient (Wildman–Crippen LogP) is 1.97. The molecule has 0 atom stereocenters. The van der Waals surface area contributed by atoms with Crippen LogP contribution in [-0.4, -0.2) is 6.54 Å². The maximum Gasteiger partial charge on any atom is 0.163 e. The van der Waals surface area contributed by atoms with Crippen LogP contribution in [0.25, 0.3) is 0 Å². The van der Waals surface area contributed by atoms with Gasteiger partial charge in [0.1, 0.15) is 0 Å². The number of nitriles is 1. The van der Waals surface area contributed by atoms with Crippen LogP contribution in [0.4, 0.5) is 8.78 Å². The lowest BCUT2D eigenvalue weighted by molar-refractivity contribution is 0.493. The molecule has 0 amide bonds. The highest BCUT2D eigenvalue weighted by Crippen LogP contribution is 2.10. The van der Waals surface area contributed by atoms with Gasteiger partial charge in [-0.3, -0.25) is 0 Å². The second-order valence-electron chi connectivity index (χ2n) is 2.80. The van der Waals surface area contributed by atoms with Crippen molar-refractivity contribution < 1.29 is 8.78 Å². The van der Waals surface area contributed by atoms with E-state index in [0.717, 1.165) is 6.07 Å². The Morgan fingerprint density at radius 2 is 2.14 bits per heavy atom. The molecule has 4 heteroatoms. The Morgan fingerprint density at radius 3 is 2.86 bits per heavy atom. The Balaban J connectivity index is 2.51. The monoisotopic (exact) mass is 196 g/mol. The molecule has 74 valence electrons. The third kappa shape index (κ3) is 2.79. The van der Waals surface area contributed by atoms with Gasteiger partial charge in [0.2, 0.25) is 0 Å². The molecule has 0 aliphatic rings. The third-order valence-corrected chi connectivity index (χ3v) is 1.76. The number of rotatable bonds is 4. The van der Waals surface area contributed by atoms with E-state index < -0.39 is 11.6 Å². The molecule has 14 heavy (non-hydrogen) atoms. The lowest BCUT2D eigenvalue weighted by Crippen LogP contribution is -2.15. The Kier molecular flexibility index (Phi) is 4.02. The van der Waals surface area contributed by atoms with Gasteiger partial charge in [-0.15, -0.1) is 0 Å². The highest BCUT2D eigenvalue weighted by atomic mass is 19.2. The minimum Gasteiger partial charge on any atom is -0.312 e. The Hall–Kier alpha value is -1.47. The lowest BCUT2D eigenvalue weighted by Gasteiger charge is -2.04. The molecule has 0 aliphatic heterocycles. The van der Waals surface area contributed by atoms with E-state index in [2.05, 4.69) is 5.32 Å². The first-order chi connectivity index (χ1) is 6.75. The average Bonchev–Trinajstić information content (AvgIpc) is 2.19. The summed E-state index contributed by atoms with van der Waals surface area (Å²) in [4.78, 5) is 0.